The molecule has 1 aromatic heterocycles. The molecule has 0 aliphatic heterocycles. The minimum atomic E-state index is 0.933. The highest BCUT2D eigenvalue weighted by Crippen LogP contribution is 2.16. The molecule has 3 nitrogen and oxygen atoms in total. The Labute approximate surface area is 132 Å². The molecule has 0 radical (unpaired) electrons. The first-order chi connectivity index (χ1) is 10.3. The standard InChI is InChI=1S/C17H25N3S/c1-3-4-12-20(2)13-16-14-21-17(19-16)18-11-10-15-8-6-5-7-9-15/h5-9,14H,3-4,10-13H2,1-2H3,(H,18,19). The molecule has 0 bridgehead atoms. The Morgan fingerprint density at radius 3 is 2.81 bits per heavy atom. The van der Waals surface area contributed by atoms with E-state index in [9.17, 15) is 0 Å². The van der Waals surface area contributed by atoms with Gasteiger partial charge in [-0.05, 0) is 32.0 Å². The SMILES string of the molecule is CCCCN(C)Cc1csc(NCCc2ccccc2)n1. The summed E-state index contributed by atoms with van der Waals surface area (Å²) < 4.78 is 0. The van der Waals surface area contributed by atoms with Gasteiger partial charge in [-0.1, -0.05) is 43.7 Å². The molecule has 114 valence electrons. The monoisotopic (exact) mass is 303 g/mol. The fourth-order valence-corrected chi connectivity index (χ4v) is 2.93. The van der Waals surface area contributed by atoms with E-state index in [4.69, 9.17) is 0 Å². The molecule has 4 heteroatoms. The van der Waals surface area contributed by atoms with Gasteiger partial charge in [0.15, 0.2) is 5.13 Å². The van der Waals surface area contributed by atoms with Crippen LogP contribution in [-0.4, -0.2) is 30.0 Å². The van der Waals surface area contributed by atoms with Crippen molar-refractivity contribution in [3.05, 3.63) is 47.0 Å². The predicted molar refractivity (Wildman–Crippen MR) is 92.0 cm³/mol. The van der Waals surface area contributed by atoms with E-state index < -0.39 is 0 Å². The second-order valence-electron chi connectivity index (χ2n) is 5.40. The van der Waals surface area contributed by atoms with Crippen molar-refractivity contribution in [1.82, 2.24) is 9.88 Å². The van der Waals surface area contributed by atoms with E-state index in [0.717, 1.165) is 31.2 Å². The molecule has 0 saturated heterocycles. The Hall–Kier alpha value is -1.39. The van der Waals surface area contributed by atoms with Crippen molar-refractivity contribution < 1.29 is 0 Å². The normalized spacial score (nSPS) is 11.0. The molecule has 0 saturated carbocycles. The zero-order valence-electron chi connectivity index (χ0n) is 13.0. The minimum absolute atomic E-state index is 0.933. The van der Waals surface area contributed by atoms with Crippen LogP contribution in [-0.2, 0) is 13.0 Å². The van der Waals surface area contributed by atoms with Gasteiger partial charge in [-0.3, -0.25) is 0 Å². The first-order valence-electron chi connectivity index (χ1n) is 7.68. The number of hydrogen-bond donors (Lipinski definition) is 1. The zero-order chi connectivity index (χ0) is 14.9. The van der Waals surface area contributed by atoms with Gasteiger partial charge in [-0.2, -0.15) is 0 Å². The van der Waals surface area contributed by atoms with Crippen LogP contribution in [0.3, 0.4) is 0 Å². The van der Waals surface area contributed by atoms with Gasteiger partial charge in [0, 0.05) is 18.5 Å². The molecule has 0 amide bonds. The number of thiazole rings is 1. The van der Waals surface area contributed by atoms with E-state index in [-0.39, 0.29) is 0 Å². The fraction of sp³-hybridized carbons (Fsp3) is 0.471. The molecule has 0 atom stereocenters. The molecule has 0 spiro atoms. The molecule has 1 heterocycles. The summed E-state index contributed by atoms with van der Waals surface area (Å²) in [5.41, 5.74) is 2.53. The summed E-state index contributed by atoms with van der Waals surface area (Å²) in [6.45, 7) is 5.25. The maximum Gasteiger partial charge on any atom is 0.182 e. The van der Waals surface area contributed by atoms with Crippen LogP contribution < -0.4 is 5.32 Å². The van der Waals surface area contributed by atoms with Gasteiger partial charge in [0.05, 0.1) is 5.69 Å². The summed E-state index contributed by atoms with van der Waals surface area (Å²) in [5, 5.41) is 6.61. The van der Waals surface area contributed by atoms with E-state index in [1.807, 2.05) is 0 Å². The maximum absolute atomic E-state index is 4.66. The van der Waals surface area contributed by atoms with Crippen LogP contribution in [0.15, 0.2) is 35.7 Å². The Morgan fingerprint density at radius 1 is 1.24 bits per heavy atom. The number of hydrogen-bond acceptors (Lipinski definition) is 4. The van der Waals surface area contributed by atoms with Gasteiger partial charge in [0.1, 0.15) is 0 Å². The highest BCUT2D eigenvalue weighted by atomic mass is 32.1. The third-order valence-corrected chi connectivity index (χ3v) is 4.26. The van der Waals surface area contributed by atoms with Gasteiger partial charge in [0.2, 0.25) is 0 Å². The lowest BCUT2D eigenvalue weighted by atomic mass is 10.2. The lowest BCUT2D eigenvalue weighted by Crippen LogP contribution is -2.19. The van der Waals surface area contributed by atoms with Crippen molar-refractivity contribution in [2.45, 2.75) is 32.7 Å². The van der Waals surface area contributed by atoms with Crippen LogP contribution in [0.4, 0.5) is 5.13 Å². The van der Waals surface area contributed by atoms with Crippen molar-refractivity contribution in [2.75, 3.05) is 25.5 Å². The maximum atomic E-state index is 4.66. The number of benzene rings is 1. The van der Waals surface area contributed by atoms with Crippen LogP contribution in [0.25, 0.3) is 0 Å². The highest BCUT2D eigenvalue weighted by molar-refractivity contribution is 7.13. The van der Waals surface area contributed by atoms with Crippen LogP contribution in [0.2, 0.25) is 0 Å². The average Bonchev–Trinajstić information content (AvgIpc) is 2.93. The number of anilines is 1. The summed E-state index contributed by atoms with van der Waals surface area (Å²) in [6, 6.07) is 10.6. The van der Waals surface area contributed by atoms with Crippen molar-refractivity contribution in [3.63, 3.8) is 0 Å². The summed E-state index contributed by atoms with van der Waals surface area (Å²) >= 11 is 1.70. The van der Waals surface area contributed by atoms with E-state index in [0.29, 0.717) is 0 Å². The van der Waals surface area contributed by atoms with Crippen LogP contribution in [0.1, 0.15) is 31.0 Å². The van der Waals surface area contributed by atoms with Gasteiger partial charge in [-0.15, -0.1) is 11.3 Å². The first-order valence-corrected chi connectivity index (χ1v) is 8.56. The molecule has 1 N–H and O–H groups in total. The molecule has 2 aromatic rings. The van der Waals surface area contributed by atoms with Gasteiger partial charge >= 0.3 is 0 Å². The van der Waals surface area contributed by atoms with Crippen LogP contribution in [0, 0.1) is 0 Å². The Balaban J connectivity index is 1.72. The number of unbranched alkanes of at least 4 members (excludes halogenated alkanes) is 1. The van der Waals surface area contributed by atoms with Gasteiger partial charge in [-0.25, -0.2) is 4.98 Å². The summed E-state index contributed by atoms with van der Waals surface area (Å²) in [5.74, 6) is 0. The second-order valence-corrected chi connectivity index (χ2v) is 6.26. The van der Waals surface area contributed by atoms with E-state index in [1.54, 1.807) is 11.3 Å². The highest BCUT2D eigenvalue weighted by Gasteiger charge is 2.05. The number of rotatable bonds is 9. The summed E-state index contributed by atoms with van der Waals surface area (Å²) in [7, 11) is 2.16. The van der Waals surface area contributed by atoms with Gasteiger partial charge < -0.3 is 10.2 Å². The Bertz CT molecular complexity index is 510. The van der Waals surface area contributed by atoms with E-state index >= 15 is 0 Å². The molecule has 2 rings (SSSR count). The van der Waals surface area contributed by atoms with Crippen molar-refractivity contribution in [1.29, 1.82) is 0 Å². The third kappa shape index (κ3) is 5.86. The fourth-order valence-electron chi connectivity index (χ4n) is 2.20. The zero-order valence-corrected chi connectivity index (χ0v) is 13.8. The Morgan fingerprint density at radius 2 is 2.05 bits per heavy atom. The summed E-state index contributed by atoms with van der Waals surface area (Å²) in [4.78, 5) is 6.99. The lowest BCUT2D eigenvalue weighted by Gasteiger charge is -2.14. The summed E-state index contributed by atoms with van der Waals surface area (Å²) in [6.07, 6.45) is 3.53. The number of aromatic nitrogens is 1. The van der Waals surface area contributed by atoms with Crippen LogP contribution >= 0.6 is 11.3 Å². The predicted octanol–water partition coefficient (Wildman–Crippen LogP) is 4.03. The molecule has 0 aliphatic rings. The van der Waals surface area contributed by atoms with Gasteiger partial charge in [0.25, 0.3) is 0 Å². The molecular formula is C17H25N3S. The van der Waals surface area contributed by atoms with Crippen molar-refractivity contribution in [3.8, 4) is 0 Å². The largest absolute Gasteiger partial charge is 0.361 e. The van der Waals surface area contributed by atoms with Crippen LogP contribution in [0.5, 0.6) is 0 Å². The minimum Gasteiger partial charge on any atom is -0.361 e. The molecule has 0 fully saturated rings. The van der Waals surface area contributed by atoms with E-state index in [2.05, 4.69) is 64.9 Å². The van der Waals surface area contributed by atoms with E-state index in [1.165, 1.54) is 24.1 Å². The Kier molecular flexibility index (Phi) is 6.70. The molecule has 21 heavy (non-hydrogen) atoms. The second kappa shape index (κ2) is 8.80. The molecular weight excluding hydrogens is 278 g/mol. The first kappa shape index (κ1) is 16.0. The average molecular weight is 303 g/mol. The van der Waals surface area contributed by atoms with Crippen molar-refractivity contribution >= 4 is 16.5 Å². The number of nitrogens with one attached hydrogen (secondary N) is 1. The molecule has 0 aliphatic carbocycles. The quantitative estimate of drug-likeness (QED) is 0.758. The van der Waals surface area contributed by atoms with Crippen molar-refractivity contribution in [2.24, 2.45) is 0 Å². The molecule has 0 unspecified atom stereocenters. The number of nitrogens with zero attached hydrogens (tertiary/aromatic N) is 2. The smallest absolute Gasteiger partial charge is 0.182 e. The topological polar surface area (TPSA) is 28.2 Å². The lowest BCUT2D eigenvalue weighted by molar-refractivity contribution is 0.318. The third-order valence-electron chi connectivity index (χ3n) is 3.41. The molecule has 1 aromatic carbocycles.